The van der Waals surface area contributed by atoms with Gasteiger partial charge in [0.15, 0.2) is 0 Å². The van der Waals surface area contributed by atoms with Crippen molar-refractivity contribution in [3.63, 3.8) is 0 Å². The standard InChI is InChI=1S/C12H13Cl2N3/c1-12(3-2-4-12)17-10-6-8(14)7(13)5-9(10)16-11(17)15/h5-6H,2-4H2,1H3,(H2,15,16). The molecule has 0 radical (unpaired) electrons. The molecule has 0 aliphatic heterocycles. The van der Waals surface area contributed by atoms with Crippen LogP contribution in [0.1, 0.15) is 26.2 Å². The molecule has 17 heavy (non-hydrogen) atoms. The van der Waals surface area contributed by atoms with Crippen LogP contribution in [-0.2, 0) is 5.54 Å². The smallest absolute Gasteiger partial charge is 0.201 e. The molecule has 1 aliphatic carbocycles. The summed E-state index contributed by atoms with van der Waals surface area (Å²) in [6.07, 6.45) is 3.49. The van der Waals surface area contributed by atoms with Gasteiger partial charge in [-0.05, 0) is 38.3 Å². The third-order valence-corrected chi connectivity index (χ3v) is 4.42. The summed E-state index contributed by atoms with van der Waals surface area (Å²) in [4.78, 5) is 4.36. The van der Waals surface area contributed by atoms with Crippen LogP contribution < -0.4 is 5.73 Å². The van der Waals surface area contributed by atoms with Crippen molar-refractivity contribution in [2.24, 2.45) is 0 Å². The first-order valence-corrected chi connectivity index (χ1v) is 6.40. The number of nitrogens with two attached hydrogens (primary N) is 1. The monoisotopic (exact) mass is 269 g/mol. The molecule has 90 valence electrons. The quantitative estimate of drug-likeness (QED) is 0.855. The van der Waals surface area contributed by atoms with Crippen molar-refractivity contribution >= 4 is 40.2 Å². The molecule has 1 fully saturated rings. The van der Waals surface area contributed by atoms with Crippen molar-refractivity contribution in [1.29, 1.82) is 0 Å². The maximum atomic E-state index is 6.07. The average molecular weight is 270 g/mol. The van der Waals surface area contributed by atoms with Gasteiger partial charge in [0.05, 0.1) is 21.1 Å². The van der Waals surface area contributed by atoms with Gasteiger partial charge in [0, 0.05) is 5.54 Å². The lowest BCUT2D eigenvalue weighted by atomic mass is 9.78. The molecule has 0 saturated heterocycles. The largest absolute Gasteiger partial charge is 0.369 e. The summed E-state index contributed by atoms with van der Waals surface area (Å²) in [7, 11) is 0. The van der Waals surface area contributed by atoms with E-state index < -0.39 is 0 Å². The van der Waals surface area contributed by atoms with Crippen LogP contribution in [0.15, 0.2) is 12.1 Å². The molecule has 5 heteroatoms. The molecule has 0 spiro atoms. The van der Waals surface area contributed by atoms with Gasteiger partial charge < -0.3 is 10.3 Å². The Labute approximate surface area is 110 Å². The Morgan fingerprint density at radius 3 is 2.53 bits per heavy atom. The molecule has 2 N–H and O–H groups in total. The number of fused-ring (bicyclic) bond motifs is 1. The predicted octanol–water partition coefficient (Wildman–Crippen LogP) is 3.82. The third kappa shape index (κ3) is 1.53. The number of anilines is 1. The fourth-order valence-corrected chi connectivity index (χ4v) is 2.89. The Hall–Kier alpha value is -0.930. The first-order chi connectivity index (χ1) is 8.01. The Bertz CT molecular complexity index is 599. The lowest BCUT2D eigenvalue weighted by Gasteiger charge is -2.40. The van der Waals surface area contributed by atoms with Crippen LogP contribution in [0.2, 0.25) is 10.0 Å². The van der Waals surface area contributed by atoms with Gasteiger partial charge in [0.1, 0.15) is 0 Å². The van der Waals surface area contributed by atoms with Gasteiger partial charge in [0.2, 0.25) is 5.95 Å². The lowest BCUT2D eigenvalue weighted by Crippen LogP contribution is -2.37. The number of benzene rings is 1. The highest BCUT2D eigenvalue weighted by molar-refractivity contribution is 6.42. The molecule has 2 aromatic rings. The molecule has 1 aromatic heterocycles. The minimum Gasteiger partial charge on any atom is -0.369 e. The van der Waals surface area contributed by atoms with E-state index >= 15 is 0 Å². The van der Waals surface area contributed by atoms with E-state index in [-0.39, 0.29) is 5.54 Å². The van der Waals surface area contributed by atoms with Crippen LogP contribution in [-0.4, -0.2) is 9.55 Å². The molecule has 3 nitrogen and oxygen atoms in total. The molecular weight excluding hydrogens is 257 g/mol. The van der Waals surface area contributed by atoms with E-state index in [2.05, 4.69) is 16.5 Å². The van der Waals surface area contributed by atoms with E-state index in [1.165, 1.54) is 6.42 Å². The topological polar surface area (TPSA) is 43.8 Å². The summed E-state index contributed by atoms with van der Waals surface area (Å²) >= 11 is 12.1. The fraction of sp³-hybridized carbons (Fsp3) is 0.417. The third-order valence-electron chi connectivity index (χ3n) is 3.69. The number of halogens is 2. The average Bonchev–Trinajstić information content (AvgIpc) is 2.52. The Morgan fingerprint density at radius 1 is 1.29 bits per heavy atom. The van der Waals surface area contributed by atoms with Crippen molar-refractivity contribution in [3.05, 3.63) is 22.2 Å². The highest BCUT2D eigenvalue weighted by atomic mass is 35.5. The molecule has 1 saturated carbocycles. The second kappa shape index (κ2) is 3.53. The van der Waals surface area contributed by atoms with Crippen molar-refractivity contribution in [2.45, 2.75) is 31.7 Å². The predicted molar refractivity (Wildman–Crippen MR) is 71.7 cm³/mol. The minimum absolute atomic E-state index is 0.0794. The second-order valence-electron chi connectivity index (χ2n) is 4.91. The van der Waals surface area contributed by atoms with Crippen molar-refractivity contribution in [3.8, 4) is 0 Å². The van der Waals surface area contributed by atoms with E-state index in [9.17, 15) is 0 Å². The maximum absolute atomic E-state index is 6.07. The summed E-state index contributed by atoms with van der Waals surface area (Å²) in [6.45, 7) is 2.20. The normalized spacial score (nSPS) is 18.3. The zero-order valence-corrected chi connectivity index (χ0v) is 11.0. The molecular formula is C12H13Cl2N3. The molecule has 1 heterocycles. The van der Waals surface area contributed by atoms with Crippen LogP contribution in [0.5, 0.6) is 0 Å². The van der Waals surface area contributed by atoms with Gasteiger partial charge in [0.25, 0.3) is 0 Å². The van der Waals surface area contributed by atoms with E-state index in [1.807, 2.05) is 6.07 Å². The van der Waals surface area contributed by atoms with Crippen molar-refractivity contribution < 1.29 is 0 Å². The molecule has 0 amide bonds. The van der Waals surface area contributed by atoms with E-state index in [0.717, 1.165) is 23.9 Å². The van der Waals surface area contributed by atoms with Crippen LogP contribution >= 0.6 is 23.2 Å². The van der Waals surface area contributed by atoms with E-state index in [1.54, 1.807) is 6.07 Å². The van der Waals surface area contributed by atoms with Gasteiger partial charge in [-0.2, -0.15) is 0 Å². The molecule has 0 atom stereocenters. The molecule has 0 bridgehead atoms. The Kier molecular flexibility index (Phi) is 2.32. The molecule has 3 rings (SSSR count). The SMILES string of the molecule is CC1(n2c(N)nc3cc(Cl)c(Cl)cc32)CCC1. The lowest BCUT2D eigenvalue weighted by molar-refractivity contribution is 0.177. The summed E-state index contributed by atoms with van der Waals surface area (Å²) in [6, 6.07) is 3.63. The Balaban J connectivity index is 2.30. The van der Waals surface area contributed by atoms with E-state index in [0.29, 0.717) is 16.0 Å². The molecule has 1 aromatic carbocycles. The minimum atomic E-state index is 0.0794. The summed E-state index contributed by atoms with van der Waals surface area (Å²) in [5, 5.41) is 1.06. The number of hydrogen-bond acceptors (Lipinski definition) is 2. The van der Waals surface area contributed by atoms with Gasteiger partial charge in [-0.1, -0.05) is 23.2 Å². The number of hydrogen-bond donors (Lipinski definition) is 1. The van der Waals surface area contributed by atoms with Gasteiger partial charge in [-0.3, -0.25) is 0 Å². The highest BCUT2D eigenvalue weighted by Gasteiger charge is 2.36. The fourth-order valence-electron chi connectivity index (χ4n) is 2.57. The maximum Gasteiger partial charge on any atom is 0.201 e. The van der Waals surface area contributed by atoms with Crippen LogP contribution in [0, 0.1) is 0 Å². The highest BCUT2D eigenvalue weighted by Crippen LogP contribution is 2.43. The zero-order chi connectivity index (χ0) is 12.2. The second-order valence-corrected chi connectivity index (χ2v) is 5.73. The van der Waals surface area contributed by atoms with Crippen LogP contribution in [0.25, 0.3) is 11.0 Å². The van der Waals surface area contributed by atoms with Crippen molar-refractivity contribution in [1.82, 2.24) is 9.55 Å². The number of imidazole rings is 1. The molecule has 0 unspecified atom stereocenters. The number of aromatic nitrogens is 2. The number of rotatable bonds is 1. The molecule has 1 aliphatic rings. The first-order valence-electron chi connectivity index (χ1n) is 5.65. The summed E-state index contributed by atoms with van der Waals surface area (Å²) in [5.74, 6) is 0.542. The summed E-state index contributed by atoms with van der Waals surface area (Å²) < 4.78 is 2.09. The van der Waals surface area contributed by atoms with Gasteiger partial charge >= 0.3 is 0 Å². The van der Waals surface area contributed by atoms with Gasteiger partial charge in [-0.15, -0.1) is 0 Å². The van der Waals surface area contributed by atoms with Crippen LogP contribution in [0.4, 0.5) is 5.95 Å². The number of nitrogen functional groups attached to an aromatic ring is 1. The van der Waals surface area contributed by atoms with Crippen LogP contribution in [0.3, 0.4) is 0 Å². The Morgan fingerprint density at radius 2 is 1.94 bits per heavy atom. The number of nitrogens with zero attached hydrogens (tertiary/aromatic N) is 2. The zero-order valence-electron chi connectivity index (χ0n) is 9.50. The van der Waals surface area contributed by atoms with Crippen molar-refractivity contribution in [2.75, 3.05) is 5.73 Å². The van der Waals surface area contributed by atoms with E-state index in [4.69, 9.17) is 28.9 Å². The van der Waals surface area contributed by atoms with Gasteiger partial charge in [-0.25, -0.2) is 4.98 Å². The summed E-state index contributed by atoms with van der Waals surface area (Å²) in [5.41, 5.74) is 7.88. The first kappa shape index (κ1) is 11.2.